The van der Waals surface area contributed by atoms with Crippen LogP contribution in [0.25, 0.3) is 0 Å². The van der Waals surface area contributed by atoms with Crippen molar-refractivity contribution in [2.75, 3.05) is 17.2 Å². The summed E-state index contributed by atoms with van der Waals surface area (Å²) in [5.74, 6) is -0.715. The molecule has 3 rings (SSSR count). The maximum Gasteiger partial charge on any atom is 0.318 e. The third-order valence-electron chi connectivity index (χ3n) is 3.93. The van der Waals surface area contributed by atoms with E-state index in [2.05, 4.69) is 27.2 Å². The van der Waals surface area contributed by atoms with Gasteiger partial charge in [-0.05, 0) is 48.5 Å². The summed E-state index contributed by atoms with van der Waals surface area (Å²) in [6, 6.07) is 13.3. The highest BCUT2D eigenvalue weighted by atomic mass is 32.1. The molecule has 3 aromatic rings. The van der Waals surface area contributed by atoms with Crippen LogP contribution < -0.4 is 20.1 Å². The first-order valence-electron chi connectivity index (χ1n) is 9.35. The maximum atomic E-state index is 14.1. The standard InChI is InChI=1S/C22H20F2N4O2S/c1-2-3-11-29-16-8-6-7-15(12-16)14-30-21-25-13-18(24)20(27-21)28-22(31)26-19-10-5-4-9-17(19)23/h2,4-10,12-13H,1,3,11,14H2,(H2,25,26,27,28,31). The molecule has 0 radical (unpaired) electrons. The summed E-state index contributed by atoms with van der Waals surface area (Å²) in [7, 11) is 0. The zero-order valence-electron chi connectivity index (χ0n) is 16.5. The van der Waals surface area contributed by atoms with Crippen molar-refractivity contribution in [1.29, 1.82) is 0 Å². The smallest absolute Gasteiger partial charge is 0.318 e. The number of aromatic nitrogens is 2. The van der Waals surface area contributed by atoms with E-state index in [1.54, 1.807) is 18.2 Å². The highest BCUT2D eigenvalue weighted by Gasteiger charge is 2.11. The van der Waals surface area contributed by atoms with Crippen LogP contribution >= 0.6 is 12.2 Å². The Morgan fingerprint density at radius 2 is 1.90 bits per heavy atom. The molecule has 31 heavy (non-hydrogen) atoms. The fourth-order valence-electron chi connectivity index (χ4n) is 2.46. The molecule has 9 heteroatoms. The van der Waals surface area contributed by atoms with Gasteiger partial charge in [0.2, 0.25) is 0 Å². The second-order valence-corrected chi connectivity index (χ2v) is 6.68. The lowest BCUT2D eigenvalue weighted by molar-refractivity contribution is 0.278. The fourth-order valence-corrected chi connectivity index (χ4v) is 2.67. The van der Waals surface area contributed by atoms with Crippen LogP contribution in [0.4, 0.5) is 20.3 Å². The second kappa shape index (κ2) is 11.0. The number of halogens is 2. The van der Waals surface area contributed by atoms with Gasteiger partial charge in [-0.25, -0.2) is 13.8 Å². The number of rotatable bonds is 9. The molecule has 0 unspecified atom stereocenters. The van der Waals surface area contributed by atoms with E-state index in [9.17, 15) is 8.78 Å². The zero-order chi connectivity index (χ0) is 22.1. The molecule has 0 aliphatic carbocycles. The summed E-state index contributed by atoms with van der Waals surface area (Å²) in [4.78, 5) is 7.82. The van der Waals surface area contributed by atoms with Gasteiger partial charge in [-0.2, -0.15) is 4.98 Å². The van der Waals surface area contributed by atoms with Gasteiger partial charge >= 0.3 is 6.01 Å². The molecule has 2 aromatic carbocycles. The first-order chi connectivity index (χ1) is 15.0. The minimum absolute atomic E-state index is 0.0296. The number of ether oxygens (including phenoxy) is 2. The minimum atomic E-state index is -0.734. The molecule has 0 fully saturated rings. The summed E-state index contributed by atoms with van der Waals surface area (Å²) in [5.41, 5.74) is 0.983. The van der Waals surface area contributed by atoms with Gasteiger partial charge in [-0.3, -0.25) is 0 Å². The van der Waals surface area contributed by atoms with Crippen LogP contribution in [0, 0.1) is 11.6 Å². The van der Waals surface area contributed by atoms with Crippen LogP contribution in [-0.4, -0.2) is 21.7 Å². The van der Waals surface area contributed by atoms with Crippen molar-refractivity contribution < 1.29 is 18.3 Å². The Labute approximate surface area is 184 Å². The average Bonchev–Trinajstić information content (AvgIpc) is 2.76. The Bertz CT molecular complexity index is 1070. The molecule has 0 spiro atoms. The van der Waals surface area contributed by atoms with Gasteiger partial charge in [0, 0.05) is 0 Å². The number of anilines is 2. The predicted octanol–water partition coefficient (Wildman–Crippen LogP) is 5.10. The number of thiocarbonyl (C=S) groups is 1. The van der Waals surface area contributed by atoms with Crippen molar-refractivity contribution in [3.05, 3.63) is 84.6 Å². The van der Waals surface area contributed by atoms with E-state index in [0.29, 0.717) is 12.4 Å². The van der Waals surface area contributed by atoms with Crippen molar-refractivity contribution in [2.45, 2.75) is 13.0 Å². The normalized spacial score (nSPS) is 10.3. The van der Waals surface area contributed by atoms with Gasteiger partial charge in [0.05, 0.1) is 18.5 Å². The van der Waals surface area contributed by atoms with Crippen molar-refractivity contribution in [3.8, 4) is 11.8 Å². The minimum Gasteiger partial charge on any atom is -0.493 e. The van der Waals surface area contributed by atoms with E-state index in [0.717, 1.165) is 18.2 Å². The second-order valence-electron chi connectivity index (χ2n) is 6.27. The predicted molar refractivity (Wildman–Crippen MR) is 119 cm³/mol. The topological polar surface area (TPSA) is 68.3 Å². The number of nitrogens with zero attached hydrogens (tertiary/aromatic N) is 2. The average molecular weight is 442 g/mol. The van der Waals surface area contributed by atoms with Crippen LogP contribution in [0.2, 0.25) is 0 Å². The molecule has 0 aliphatic rings. The molecule has 0 atom stereocenters. The molecule has 0 saturated carbocycles. The molecular weight excluding hydrogens is 422 g/mol. The van der Waals surface area contributed by atoms with Gasteiger partial charge < -0.3 is 20.1 Å². The number of nitrogens with one attached hydrogen (secondary N) is 2. The Morgan fingerprint density at radius 1 is 1.06 bits per heavy atom. The highest BCUT2D eigenvalue weighted by Crippen LogP contribution is 2.18. The third-order valence-corrected chi connectivity index (χ3v) is 4.14. The van der Waals surface area contributed by atoms with Crippen molar-refractivity contribution >= 4 is 28.8 Å². The molecule has 0 bridgehead atoms. The van der Waals surface area contributed by atoms with Crippen LogP contribution in [-0.2, 0) is 6.61 Å². The first kappa shape index (κ1) is 22.1. The van der Waals surface area contributed by atoms with Crippen molar-refractivity contribution in [1.82, 2.24) is 9.97 Å². The summed E-state index contributed by atoms with van der Waals surface area (Å²) in [6.07, 6.45) is 3.49. The monoisotopic (exact) mass is 442 g/mol. The maximum absolute atomic E-state index is 14.1. The van der Waals surface area contributed by atoms with Crippen LogP contribution in [0.15, 0.2) is 67.4 Å². The summed E-state index contributed by atoms with van der Waals surface area (Å²) in [5, 5.41) is 5.20. The molecule has 2 N–H and O–H groups in total. The van der Waals surface area contributed by atoms with E-state index in [1.807, 2.05) is 24.3 Å². The van der Waals surface area contributed by atoms with E-state index in [4.69, 9.17) is 21.7 Å². The van der Waals surface area contributed by atoms with E-state index >= 15 is 0 Å². The molecule has 160 valence electrons. The summed E-state index contributed by atoms with van der Waals surface area (Å²) in [6.45, 7) is 4.34. The van der Waals surface area contributed by atoms with Gasteiger partial charge in [0.25, 0.3) is 0 Å². The molecule has 1 aromatic heterocycles. The Morgan fingerprint density at radius 3 is 2.71 bits per heavy atom. The summed E-state index contributed by atoms with van der Waals surface area (Å²) >= 11 is 5.10. The Balaban J connectivity index is 1.60. The lowest BCUT2D eigenvalue weighted by Gasteiger charge is -2.12. The van der Waals surface area contributed by atoms with E-state index in [-0.39, 0.29) is 29.2 Å². The van der Waals surface area contributed by atoms with Crippen LogP contribution in [0.1, 0.15) is 12.0 Å². The Hall–Kier alpha value is -3.59. The van der Waals surface area contributed by atoms with E-state index < -0.39 is 11.6 Å². The Kier molecular flexibility index (Phi) is 7.83. The third kappa shape index (κ3) is 6.71. The molecule has 0 amide bonds. The van der Waals surface area contributed by atoms with Gasteiger partial charge in [-0.15, -0.1) is 6.58 Å². The largest absolute Gasteiger partial charge is 0.493 e. The van der Waals surface area contributed by atoms with Gasteiger partial charge in [0.1, 0.15) is 18.2 Å². The number of para-hydroxylation sites is 1. The molecule has 1 heterocycles. The molecular formula is C22H20F2N4O2S. The first-order valence-corrected chi connectivity index (χ1v) is 9.76. The fraction of sp³-hybridized carbons (Fsp3) is 0.136. The van der Waals surface area contributed by atoms with Crippen LogP contribution in [0.5, 0.6) is 11.8 Å². The number of benzene rings is 2. The number of hydrogen-bond donors (Lipinski definition) is 2. The molecule has 0 aliphatic heterocycles. The summed E-state index contributed by atoms with van der Waals surface area (Å²) < 4.78 is 39.0. The van der Waals surface area contributed by atoms with Crippen LogP contribution in [0.3, 0.4) is 0 Å². The molecule has 0 saturated heterocycles. The lowest BCUT2D eigenvalue weighted by atomic mass is 10.2. The van der Waals surface area contributed by atoms with Crippen molar-refractivity contribution in [3.63, 3.8) is 0 Å². The van der Waals surface area contributed by atoms with Gasteiger partial charge in [0.15, 0.2) is 16.7 Å². The van der Waals surface area contributed by atoms with Crippen molar-refractivity contribution in [2.24, 2.45) is 0 Å². The highest BCUT2D eigenvalue weighted by molar-refractivity contribution is 7.80. The lowest BCUT2D eigenvalue weighted by Crippen LogP contribution is -2.21. The quantitative estimate of drug-likeness (QED) is 0.272. The van der Waals surface area contributed by atoms with E-state index in [1.165, 1.54) is 12.1 Å². The molecule has 6 nitrogen and oxygen atoms in total. The number of hydrogen-bond acceptors (Lipinski definition) is 5. The van der Waals surface area contributed by atoms with Gasteiger partial charge in [-0.1, -0.05) is 30.3 Å². The SMILES string of the molecule is C=CCCOc1cccc(COc2ncc(F)c(NC(=S)Nc3ccccc3F)n2)c1. The zero-order valence-corrected chi connectivity index (χ0v) is 17.3.